The smallest absolute Gasteiger partial charge is 0.137 e. The van der Waals surface area contributed by atoms with Crippen LogP contribution >= 0.6 is 0 Å². The van der Waals surface area contributed by atoms with Crippen molar-refractivity contribution in [3.8, 4) is 22.3 Å². The standard InChI is InChI=1S/C31H35N5/c1-31(2,3)21-36-14-12-35(13-15-36)20-22-4-6-23(7-5-22)26-17-27-28(19-34-30(27)33-18-26)24-8-9-29-25(16-24)10-11-32-29/h4-11,16-19,32H,12-15,20-21H2,1-3H3,(H,33,34). The zero-order valence-corrected chi connectivity index (χ0v) is 21.5. The highest BCUT2D eigenvalue weighted by molar-refractivity contribution is 5.98. The SMILES string of the molecule is CC(C)(C)CN1CCN(Cc2ccc(-c3cnc4[nH]cc(-c5ccc6[nH]ccc6c5)c4c3)cc2)CC1. The van der Waals surface area contributed by atoms with Gasteiger partial charge in [0.25, 0.3) is 0 Å². The molecule has 1 aliphatic rings. The van der Waals surface area contributed by atoms with Crippen LogP contribution < -0.4 is 0 Å². The van der Waals surface area contributed by atoms with Crippen molar-refractivity contribution in [2.75, 3.05) is 32.7 Å². The third kappa shape index (κ3) is 4.81. The van der Waals surface area contributed by atoms with Crippen LogP contribution in [0.4, 0.5) is 0 Å². The summed E-state index contributed by atoms with van der Waals surface area (Å²) in [6.45, 7) is 13.8. The molecule has 184 valence electrons. The average Bonchev–Trinajstić information content (AvgIpc) is 3.51. The number of nitrogens with one attached hydrogen (secondary N) is 2. The summed E-state index contributed by atoms with van der Waals surface area (Å²) < 4.78 is 0. The van der Waals surface area contributed by atoms with E-state index in [9.17, 15) is 0 Å². The Kier molecular flexibility index (Phi) is 5.90. The number of hydrogen-bond donors (Lipinski definition) is 2. The van der Waals surface area contributed by atoms with Gasteiger partial charge in [-0.05, 0) is 51.8 Å². The van der Waals surface area contributed by atoms with Crippen LogP contribution in [-0.2, 0) is 6.54 Å². The lowest BCUT2D eigenvalue weighted by atomic mass is 9.96. The van der Waals surface area contributed by atoms with E-state index < -0.39 is 0 Å². The quantitative estimate of drug-likeness (QED) is 0.302. The molecule has 0 amide bonds. The minimum Gasteiger partial charge on any atom is -0.361 e. The van der Waals surface area contributed by atoms with Crippen LogP contribution in [0, 0.1) is 5.41 Å². The van der Waals surface area contributed by atoms with Gasteiger partial charge in [0.15, 0.2) is 0 Å². The van der Waals surface area contributed by atoms with Gasteiger partial charge in [0.1, 0.15) is 5.65 Å². The van der Waals surface area contributed by atoms with Crippen molar-refractivity contribution in [2.45, 2.75) is 27.3 Å². The molecule has 0 saturated carbocycles. The van der Waals surface area contributed by atoms with Crippen LogP contribution in [0.15, 0.2) is 73.2 Å². The largest absolute Gasteiger partial charge is 0.361 e. The van der Waals surface area contributed by atoms with E-state index in [2.05, 4.69) is 101 Å². The first-order valence-corrected chi connectivity index (χ1v) is 13.0. The van der Waals surface area contributed by atoms with Gasteiger partial charge in [-0.25, -0.2) is 4.98 Å². The van der Waals surface area contributed by atoms with E-state index >= 15 is 0 Å². The second-order valence-corrected chi connectivity index (χ2v) is 11.4. The number of benzene rings is 2. The molecule has 0 atom stereocenters. The Morgan fingerprint density at radius 2 is 1.56 bits per heavy atom. The number of H-pyrrole nitrogens is 2. The third-order valence-electron chi connectivity index (χ3n) is 7.25. The van der Waals surface area contributed by atoms with Crippen LogP contribution in [-0.4, -0.2) is 57.5 Å². The second kappa shape index (κ2) is 9.23. The summed E-state index contributed by atoms with van der Waals surface area (Å²) in [4.78, 5) is 16.5. The van der Waals surface area contributed by atoms with Crippen LogP contribution in [0.3, 0.4) is 0 Å². The minimum atomic E-state index is 0.368. The van der Waals surface area contributed by atoms with E-state index in [0.717, 1.165) is 54.8 Å². The molecular weight excluding hydrogens is 442 g/mol. The summed E-state index contributed by atoms with van der Waals surface area (Å²) in [5.41, 5.74) is 8.56. The number of aromatic nitrogens is 3. The van der Waals surface area contributed by atoms with E-state index in [1.54, 1.807) is 0 Å². The summed E-state index contributed by atoms with van der Waals surface area (Å²) in [6, 6.07) is 20.0. The molecular formula is C31H35N5. The molecule has 0 aliphatic carbocycles. The molecule has 1 aliphatic heterocycles. The van der Waals surface area contributed by atoms with Gasteiger partial charge in [-0.15, -0.1) is 0 Å². The van der Waals surface area contributed by atoms with Gasteiger partial charge in [0.2, 0.25) is 0 Å². The number of pyridine rings is 1. The second-order valence-electron chi connectivity index (χ2n) is 11.4. The summed E-state index contributed by atoms with van der Waals surface area (Å²) in [6.07, 6.45) is 6.03. The molecule has 1 fully saturated rings. The minimum absolute atomic E-state index is 0.368. The zero-order chi connectivity index (χ0) is 24.7. The van der Waals surface area contributed by atoms with Crippen molar-refractivity contribution in [1.82, 2.24) is 24.8 Å². The first-order chi connectivity index (χ1) is 17.4. The predicted molar refractivity (Wildman–Crippen MR) is 150 cm³/mol. The Morgan fingerprint density at radius 3 is 2.33 bits per heavy atom. The average molecular weight is 478 g/mol. The van der Waals surface area contributed by atoms with Gasteiger partial charge >= 0.3 is 0 Å². The van der Waals surface area contributed by atoms with Gasteiger partial charge in [0.05, 0.1) is 0 Å². The summed E-state index contributed by atoms with van der Waals surface area (Å²) in [5.74, 6) is 0. The van der Waals surface area contributed by atoms with Crippen molar-refractivity contribution in [2.24, 2.45) is 5.41 Å². The molecule has 2 aromatic carbocycles. The zero-order valence-electron chi connectivity index (χ0n) is 21.5. The maximum absolute atomic E-state index is 4.73. The maximum atomic E-state index is 4.73. The summed E-state index contributed by atoms with van der Waals surface area (Å²) in [5, 5.41) is 2.37. The fraction of sp³-hybridized carbons (Fsp3) is 0.323. The van der Waals surface area contributed by atoms with E-state index in [1.807, 2.05) is 12.4 Å². The number of fused-ring (bicyclic) bond motifs is 2. The molecule has 5 heteroatoms. The van der Waals surface area contributed by atoms with Gasteiger partial charge in [-0.2, -0.15) is 0 Å². The van der Waals surface area contributed by atoms with Crippen molar-refractivity contribution >= 4 is 21.9 Å². The van der Waals surface area contributed by atoms with Crippen LogP contribution in [0.25, 0.3) is 44.2 Å². The Morgan fingerprint density at radius 1 is 0.806 bits per heavy atom. The lowest BCUT2D eigenvalue weighted by Crippen LogP contribution is -2.48. The highest BCUT2D eigenvalue weighted by Gasteiger charge is 2.21. The van der Waals surface area contributed by atoms with Crippen LogP contribution in [0.5, 0.6) is 0 Å². The summed E-state index contributed by atoms with van der Waals surface area (Å²) in [7, 11) is 0. The molecule has 0 bridgehead atoms. The summed E-state index contributed by atoms with van der Waals surface area (Å²) >= 11 is 0. The van der Waals surface area contributed by atoms with Crippen molar-refractivity contribution in [3.63, 3.8) is 0 Å². The van der Waals surface area contributed by atoms with E-state index in [4.69, 9.17) is 4.98 Å². The molecule has 4 heterocycles. The van der Waals surface area contributed by atoms with Crippen molar-refractivity contribution < 1.29 is 0 Å². The number of hydrogen-bond acceptors (Lipinski definition) is 3. The predicted octanol–water partition coefficient (Wildman–Crippen LogP) is 6.54. The lowest BCUT2D eigenvalue weighted by Gasteiger charge is -2.37. The molecule has 36 heavy (non-hydrogen) atoms. The highest BCUT2D eigenvalue weighted by atomic mass is 15.3. The maximum Gasteiger partial charge on any atom is 0.137 e. The topological polar surface area (TPSA) is 50.9 Å². The lowest BCUT2D eigenvalue weighted by molar-refractivity contribution is 0.0983. The fourth-order valence-electron chi connectivity index (χ4n) is 5.46. The van der Waals surface area contributed by atoms with Gasteiger partial charge in [-0.1, -0.05) is 51.1 Å². The monoisotopic (exact) mass is 477 g/mol. The van der Waals surface area contributed by atoms with E-state index in [-0.39, 0.29) is 0 Å². The Hall–Kier alpha value is -3.41. The first kappa shape index (κ1) is 23.0. The normalized spacial score (nSPS) is 15.8. The fourth-order valence-corrected chi connectivity index (χ4v) is 5.46. The molecule has 0 radical (unpaired) electrons. The van der Waals surface area contributed by atoms with Gasteiger partial charge < -0.3 is 14.9 Å². The Labute approximate surface area is 213 Å². The molecule has 0 unspecified atom stereocenters. The van der Waals surface area contributed by atoms with Gasteiger partial charge in [0, 0.05) is 79.9 Å². The number of aromatic amines is 2. The first-order valence-electron chi connectivity index (χ1n) is 13.0. The number of piperazine rings is 1. The molecule has 5 nitrogen and oxygen atoms in total. The van der Waals surface area contributed by atoms with Crippen molar-refractivity contribution in [1.29, 1.82) is 0 Å². The van der Waals surface area contributed by atoms with Crippen LogP contribution in [0.1, 0.15) is 26.3 Å². The Balaban J connectivity index is 1.17. The number of nitrogens with zero attached hydrogens (tertiary/aromatic N) is 3. The Bertz CT molecular complexity index is 1480. The molecule has 3 aromatic heterocycles. The molecule has 0 spiro atoms. The van der Waals surface area contributed by atoms with Gasteiger partial charge in [-0.3, -0.25) is 4.90 Å². The van der Waals surface area contributed by atoms with Crippen LogP contribution in [0.2, 0.25) is 0 Å². The molecule has 6 rings (SSSR count). The molecule has 5 aromatic rings. The molecule has 1 saturated heterocycles. The number of rotatable bonds is 5. The highest BCUT2D eigenvalue weighted by Crippen LogP contribution is 2.32. The third-order valence-corrected chi connectivity index (χ3v) is 7.25. The van der Waals surface area contributed by atoms with E-state index in [1.165, 1.54) is 34.2 Å². The van der Waals surface area contributed by atoms with Crippen molar-refractivity contribution in [3.05, 3.63) is 78.8 Å². The van der Waals surface area contributed by atoms with E-state index in [0.29, 0.717) is 5.41 Å². The molecule has 2 N–H and O–H groups in total.